The number of rotatable bonds is 39. The van der Waals surface area contributed by atoms with Crippen LogP contribution in [0.2, 0.25) is 0 Å². The molecule has 0 aromatic rings. The highest BCUT2D eigenvalue weighted by Crippen LogP contribution is 2.19. The van der Waals surface area contributed by atoms with Gasteiger partial charge in [-0.1, -0.05) is 130 Å². The van der Waals surface area contributed by atoms with Crippen molar-refractivity contribution in [2.24, 2.45) is 11.8 Å². The van der Waals surface area contributed by atoms with Gasteiger partial charge in [-0.2, -0.15) is 0 Å². The molecule has 7 heteroatoms. The largest absolute Gasteiger partial charge is 0.466 e. The second kappa shape index (κ2) is 39.7. The normalized spacial score (nSPS) is 12.6. The van der Waals surface area contributed by atoms with Gasteiger partial charge in [0.2, 0.25) is 0 Å². The van der Waals surface area contributed by atoms with Crippen molar-refractivity contribution in [1.82, 2.24) is 4.90 Å². The van der Waals surface area contributed by atoms with E-state index in [4.69, 9.17) is 14.2 Å². The lowest BCUT2D eigenvalue weighted by atomic mass is 9.98. The third-order valence-corrected chi connectivity index (χ3v) is 10.7. The third kappa shape index (κ3) is 35.6. The van der Waals surface area contributed by atoms with E-state index in [1.54, 1.807) is 0 Å². The predicted octanol–water partition coefficient (Wildman–Crippen LogP) is 12.8. The van der Waals surface area contributed by atoms with Crippen LogP contribution in [-0.4, -0.2) is 61.8 Å². The van der Waals surface area contributed by atoms with E-state index in [2.05, 4.69) is 63.3 Å². The van der Waals surface area contributed by atoms with Crippen LogP contribution in [-0.2, 0) is 28.6 Å². The van der Waals surface area contributed by atoms with Crippen molar-refractivity contribution in [2.45, 2.75) is 214 Å². The van der Waals surface area contributed by atoms with Crippen LogP contribution in [0.25, 0.3) is 0 Å². The Labute approximate surface area is 339 Å². The lowest BCUT2D eigenvalue weighted by Crippen LogP contribution is -2.24. The zero-order chi connectivity index (χ0) is 40.6. The molecule has 0 saturated carbocycles. The Kier molecular flexibility index (Phi) is 37.8. The van der Waals surface area contributed by atoms with Gasteiger partial charge in [-0.25, -0.2) is 0 Å². The minimum Gasteiger partial charge on any atom is -0.466 e. The molecule has 0 aliphatic rings. The fourth-order valence-corrected chi connectivity index (χ4v) is 6.90. The number of unbranched alkanes of at least 4 members (excludes halogenated alkanes) is 13. The van der Waals surface area contributed by atoms with Crippen molar-refractivity contribution in [2.75, 3.05) is 32.8 Å². The van der Waals surface area contributed by atoms with Crippen LogP contribution in [0.1, 0.15) is 208 Å². The summed E-state index contributed by atoms with van der Waals surface area (Å²) in [7, 11) is 0. The zero-order valence-corrected chi connectivity index (χ0v) is 36.5. The van der Waals surface area contributed by atoms with Crippen LogP contribution >= 0.6 is 0 Å². The van der Waals surface area contributed by atoms with Gasteiger partial charge in [0.15, 0.2) is 0 Å². The Hall–Kier alpha value is -2.55. The van der Waals surface area contributed by atoms with Crippen molar-refractivity contribution in [1.29, 1.82) is 0 Å². The second-order valence-corrected chi connectivity index (χ2v) is 15.7. The molecule has 7 nitrogen and oxygen atoms in total. The highest BCUT2D eigenvalue weighted by molar-refractivity contribution is 5.70. The summed E-state index contributed by atoms with van der Waals surface area (Å²) >= 11 is 0. The van der Waals surface area contributed by atoms with E-state index < -0.39 is 0 Å². The van der Waals surface area contributed by atoms with Gasteiger partial charge in [-0.3, -0.25) is 14.4 Å². The average molecular weight is 772 g/mol. The molecule has 55 heavy (non-hydrogen) atoms. The lowest BCUT2D eigenvalue weighted by molar-refractivity contribution is -0.150. The van der Waals surface area contributed by atoms with E-state index in [9.17, 15) is 14.4 Å². The number of hydrogen-bond acceptors (Lipinski definition) is 7. The average Bonchev–Trinajstić information content (AvgIpc) is 3.17. The van der Waals surface area contributed by atoms with Gasteiger partial charge in [-0.15, -0.1) is 0 Å². The molecule has 0 saturated heterocycles. The molecule has 0 heterocycles. The van der Waals surface area contributed by atoms with Crippen molar-refractivity contribution < 1.29 is 28.6 Å². The molecule has 318 valence electrons. The first kappa shape index (κ1) is 52.5. The Morgan fingerprint density at radius 2 is 1.07 bits per heavy atom. The van der Waals surface area contributed by atoms with Crippen LogP contribution < -0.4 is 0 Å². The minimum atomic E-state index is -0.111. The molecule has 0 radical (unpaired) electrons. The summed E-state index contributed by atoms with van der Waals surface area (Å²) in [4.78, 5) is 39.7. The molecule has 0 amide bonds. The number of carbonyl (C=O) groups excluding carboxylic acids is 3. The first-order chi connectivity index (χ1) is 26.8. The minimum absolute atomic E-state index is 0.0338. The van der Waals surface area contributed by atoms with Crippen molar-refractivity contribution in [3.8, 4) is 0 Å². The van der Waals surface area contributed by atoms with Crippen molar-refractivity contribution >= 4 is 17.9 Å². The van der Waals surface area contributed by atoms with Gasteiger partial charge < -0.3 is 19.1 Å². The summed E-state index contributed by atoms with van der Waals surface area (Å²) in [5.74, 6) is 0.701. The van der Waals surface area contributed by atoms with E-state index in [-0.39, 0.29) is 24.0 Å². The summed E-state index contributed by atoms with van der Waals surface area (Å²) in [5.41, 5.74) is 8.37. The molecule has 0 aliphatic heterocycles. The fraction of sp³-hybridized carbons (Fsp3) is 0.833. The molecule has 0 aliphatic carbocycles. The summed E-state index contributed by atoms with van der Waals surface area (Å²) in [6, 6.07) is 0. The van der Waals surface area contributed by atoms with Crippen LogP contribution in [0.15, 0.2) is 29.8 Å². The zero-order valence-electron chi connectivity index (χ0n) is 36.5. The topological polar surface area (TPSA) is 82.1 Å². The fourth-order valence-electron chi connectivity index (χ4n) is 6.90. The maximum Gasteiger partial charge on any atom is 0.306 e. The van der Waals surface area contributed by atoms with E-state index >= 15 is 0 Å². The number of nitrogens with zero attached hydrogens (tertiary/aromatic N) is 1. The molecule has 0 N–H and O–H groups in total. The summed E-state index contributed by atoms with van der Waals surface area (Å²) in [5, 5.41) is 0. The number of ether oxygens (including phenoxy) is 3. The first-order valence-corrected chi connectivity index (χ1v) is 22.9. The smallest absolute Gasteiger partial charge is 0.306 e. The summed E-state index contributed by atoms with van der Waals surface area (Å²) in [6.45, 7) is 18.7. The highest BCUT2D eigenvalue weighted by Gasteiger charge is 2.15. The molecule has 0 bridgehead atoms. The van der Waals surface area contributed by atoms with E-state index in [0.717, 1.165) is 135 Å². The highest BCUT2D eigenvalue weighted by atomic mass is 16.5. The van der Waals surface area contributed by atoms with Crippen molar-refractivity contribution in [3.05, 3.63) is 29.8 Å². The van der Waals surface area contributed by atoms with Crippen LogP contribution in [0, 0.1) is 11.8 Å². The summed E-state index contributed by atoms with van der Waals surface area (Å²) < 4.78 is 17.1. The van der Waals surface area contributed by atoms with E-state index in [1.807, 2.05) is 6.08 Å². The van der Waals surface area contributed by atoms with E-state index in [1.165, 1.54) is 38.5 Å². The van der Waals surface area contributed by atoms with Crippen LogP contribution in [0.4, 0.5) is 0 Å². The van der Waals surface area contributed by atoms with Gasteiger partial charge in [0, 0.05) is 19.3 Å². The molecule has 0 spiro atoms. The van der Waals surface area contributed by atoms with Crippen LogP contribution in [0.3, 0.4) is 0 Å². The molecule has 3 unspecified atom stereocenters. The van der Waals surface area contributed by atoms with Gasteiger partial charge in [0.25, 0.3) is 0 Å². The maximum atomic E-state index is 12.8. The SMILES string of the molecule is C=C=C=C=CC(CCCCC)CCOC(=O)CCCCCCCC(CCCCCCCC(=O)OCCC(C)CCCCC)OC(=O)CCCCN(CC)CC. The molecular weight excluding hydrogens is 687 g/mol. The molecule has 0 aromatic heterocycles. The predicted molar refractivity (Wildman–Crippen MR) is 229 cm³/mol. The quantitative estimate of drug-likeness (QED) is 0.0266. The van der Waals surface area contributed by atoms with Gasteiger partial charge in [-0.05, 0) is 120 Å². The lowest BCUT2D eigenvalue weighted by Gasteiger charge is -2.19. The second-order valence-electron chi connectivity index (χ2n) is 15.7. The number of esters is 3. The monoisotopic (exact) mass is 772 g/mol. The number of hydrogen-bond donors (Lipinski definition) is 0. The Morgan fingerprint density at radius 3 is 1.64 bits per heavy atom. The van der Waals surface area contributed by atoms with Gasteiger partial charge >= 0.3 is 17.9 Å². The molecule has 0 aromatic carbocycles. The van der Waals surface area contributed by atoms with Crippen molar-refractivity contribution in [3.63, 3.8) is 0 Å². The number of carbonyl (C=O) groups is 3. The standard InChI is InChI=1S/C48H85NO6/c1-7-12-21-30-43(6)38-41-53-46(50)35-26-19-15-17-24-33-45(55-48(52)37-28-29-40-49(10-4)11-5)34-25-18-16-20-27-36-47(51)54-42-39-44(31-22-13-8-2)32-23-14-9-3/h31,43-45H,2,7,9-12,14-21,23-30,32-42H2,1,3-6H3. The molecular formula is C48H85NO6. The Balaban J connectivity index is 4.44. The first-order valence-electron chi connectivity index (χ1n) is 22.9. The number of allylic oxidation sites excluding steroid dienone is 1. The van der Waals surface area contributed by atoms with E-state index in [0.29, 0.717) is 44.3 Å². The maximum absolute atomic E-state index is 12.8. The van der Waals surface area contributed by atoms with Gasteiger partial charge in [0.05, 0.1) is 13.2 Å². The Bertz CT molecular complexity index is 1050. The van der Waals surface area contributed by atoms with Crippen LogP contribution in [0.5, 0.6) is 0 Å². The Morgan fingerprint density at radius 1 is 0.582 bits per heavy atom. The summed E-state index contributed by atoms with van der Waals surface area (Å²) in [6.07, 6.45) is 28.5. The van der Waals surface area contributed by atoms with Gasteiger partial charge in [0.1, 0.15) is 6.10 Å². The molecule has 0 rings (SSSR count). The molecule has 3 atom stereocenters. The third-order valence-electron chi connectivity index (χ3n) is 10.7. The molecule has 0 fully saturated rings.